The van der Waals surface area contributed by atoms with Crippen molar-refractivity contribution in [2.24, 2.45) is 5.73 Å². The molecule has 0 aliphatic carbocycles. The molecule has 0 atom stereocenters. The Hall–Kier alpha value is -1.14. The largest absolute Gasteiger partial charge is 0.407 e. The topological polar surface area (TPSA) is 80.2 Å². The van der Waals surface area contributed by atoms with E-state index in [1.807, 2.05) is 0 Å². The molecule has 0 saturated carbocycles. The Morgan fingerprint density at radius 1 is 1.38 bits per heavy atom. The van der Waals surface area contributed by atoms with Crippen LogP contribution in [0.25, 0.3) is 0 Å². The van der Waals surface area contributed by atoms with Crippen molar-refractivity contribution in [2.45, 2.75) is 6.54 Å². The fourth-order valence-corrected chi connectivity index (χ4v) is 1.31. The van der Waals surface area contributed by atoms with E-state index in [0.29, 0.717) is 18.5 Å². The first-order valence-electron chi connectivity index (χ1n) is 4.38. The second kappa shape index (κ2) is 3.71. The minimum Gasteiger partial charge on any atom is -0.407 e. The van der Waals surface area contributed by atoms with Crippen molar-refractivity contribution in [1.29, 1.82) is 0 Å². The summed E-state index contributed by atoms with van der Waals surface area (Å²) < 4.78 is 5.32. The van der Waals surface area contributed by atoms with Gasteiger partial charge in [-0.3, -0.25) is 0 Å². The van der Waals surface area contributed by atoms with Gasteiger partial charge in [-0.2, -0.15) is 0 Å². The van der Waals surface area contributed by atoms with E-state index >= 15 is 0 Å². The summed E-state index contributed by atoms with van der Waals surface area (Å²) in [5.41, 5.74) is 5.37. The fraction of sp³-hybridized carbons (Fsp3) is 0.714. The van der Waals surface area contributed by atoms with E-state index in [4.69, 9.17) is 10.2 Å². The number of rotatable bonds is 2. The molecular weight excluding hydrogens is 170 g/mol. The molecule has 1 aromatic rings. The van der Waals surface area contributed by atoms with Crippen LogP contribution in [-0.4, -0.2) is 36.4 Å². The van der Waals surface area contributed by atoms with Gasteiger partial charge in [0.15, 0.2) is 0 Å². The van der Waals surface area contributed by atoms with Crippen molar-refractivity contribution in [2.75, 3.05) is 31.1 Å². The van der Waals surface area contributed by atoms with Crippen molar-refractivity contribution >= 4 is 6.01 Å². The summed E-state index contributed by atoms with van der Waals surface area (Å²) in [6.07, 6.45) is 0. The molecule has 1 aromatic heterocycles. The van der Waals surface area contributed by atoms with E-state index in [1.54, 1.807) is 0 Å². The lowest BCUT2D eigenvalue weighted by molar-refractivity contribution is 0.467. The van der Waals surface area contributed by atoms with Crippen molar-refractivity contribution in [1.82, 2.24) is 15.5 Å². The molecule has 0 amide bonds. The van der Waals surface area contributed by atoms with Gasteiger partial charge in [0, 0.05) is 26.2 Å². The third-order valence-corrected chi connectivity index (χ3v) is 2.02. The highest BCUT2D eigenvalue weighted by Crippen LogP contribution is 2.11. The number of nitrogens with one attached hydrogen (secondary N) is 1. The van der Waals surface area contributed by atoms with Crippen LogP contribution in [0.15, 0.2) is 4.42 Å². The Bertz CT molecular complexity index is 268. The standard InChI is InChI=1S/C7H13N5O/c8-5-6-10-11-7(13-6)12-3-1-9-2-4-12/h9H,1-5,8H2. The number of aromatic nitrogens is 2. The van der Waals surface area contributed by atoms with Crippen molar-refractivity contribution < 1.29 is 4.42 Å². The molecule has 2 rings (SSSR count). The second-order valence-corrected chi connectivity index (χ2v) is 2.92. The number of hydrogen-bond donors (Lipinski definition) is 2. The smallest absolute Gasteiger partial charge is 0.318 e. The van der Waals surface area contributed by atoms with E-state index in [2.05, 4.69) is 20.4 Å². The fourth-order valence-electron chi connectivity index (χ4n) is 1.31. The van der Waals surface area contributed by atoms with Crippen LogP contribution in [0.5, 0.6) is 0 Å². The SMILES string of the molecule is NCc1nnc(N2CCNCC2)o1. The lowest BCUT2D eigenvalue weighted by Gasteiger charge is -2.24. The van der Waals surface area contributed by atoms with Crippen LogP contribution < -0.4 is 16.0 Å². The minimum absolute atomic E-state index is 0.305. The van der Waals surface area contributed by atoms with E-state index < -0.39 is 0 Å². The van der Waals surface area contributed by atoms with Gasteiger partial charge in [0.1, 0.15) is 0 Å². The normalized spacial score (nSPS) is 17.8. The van der Waals surface area contributed by atoms with E-state index in [9.17, 15) is 0 Å². The zero-order chi connectivity index (χ0) is 9.10. The highest BCUT2D eigenvalue weighted by molar-refractivity contribution is 5.24. The number of piperazine rings is 1. The van der Waals surface area contributed by atoms with Crippen LogP contribution in [0.2, 0.25) is 0 Å². The number of nitrogens with zero attached hydrogens (tertiary/aromatic N) is 3. The van der Waals surface area contributed by atoms with Gasteiger partial charge in [-0.25, -0.2) is 0 Å². The zero-order valence-electron chi connectivity index (χ0n) is 7.36. The highest BCUT2D eigenvalue weighted by atomic mass is 16.4. The summed E-state index contributed by atoms with van der Waals surface area (Å²) in [7, 11) is 0. The van der Waals surface area contributed by atoms with E-state index in [0.717, 1.165) is 26.2 Å². The van der Waals surface area contributed by atoms with Crippen LogP contribution in [0, 0.1) is 0 Å². The minimum atomic E-state index is 0.305. The van der Waals surface area contributed by atoms with Gasteiger partial charge in [-0.1, -0.05) is 5.10 Å². The average molecular weight is 183 g/mol. The van der Waals surface area contributed by atoms with Crippen LogP contribution in [-0.2, 0) is 6.54 Å². The number of nitrogens with two attached hydrogens (primary N) is 1. The Morgan fingerprint density at radius 3 is 2.77 bits per heavy atom. The molecule has 3 N–H and O–H groups in total. The summed E-state index contributed by atoms with van der Waals surface area (Å²) in [5.74, 6) is 0.494. The molecule has 0 spiro atoms. The first kappa shape index (κ1) is 8.46. The second-order valence-electron chi connectivity index (χ2n) is 2.92. The lowest BCUT2D eigenvalue weighted by Crippen LogP contribution is -2.43. The third kappa shape index (κ3) is 1.78. The molecule has 0 aromatic carbocycles. The molecule has 0 radical (unpaired) electrons. The maximum absolute atomic E-state index is 5.37. The quantitative estimate of drug-likeness (QED) is 0.608. The summed E-state index contributed by atoms with van der Waals surface area (Å²) in [5, 5.41) is 11.0. The Balaban J connectivity index is 2.05. The molecule has 1 aliphatic rings. The molecule has 72 valence electrons. The van der Waals surface area contributed by atoms with Gasteiger partial charge in [-0.15, -0.1) is 5.10 Å². The first-order chi connectivity index (χ1) is 6.40. The maximum Gasteiger partial charge on any atom is 0.318 e. The predicted octanol–water partition coefficient (Wildman–Crippen LogP) is -1.06. The van der Waals surface area contributed by atoms with Crippen LogP contribution in [0.4, 0.5) is 6.01 Å². The molecule has 0 unspecified atom stereocenters. The monoisotopic (exact) mass is 183 g/mol. The van der Waals surface area contributed by atoms with E-state index in [1.165, 1.54) is 0 Å². The Kier molecular flexibility index (Phi) is 2.42. The molecule has 1 aliphatic heterocycles. The summed E-state index contributed by atoms with van der Waals surface area (Å²) in [4.78, 5) is 2.06. The third-order valence-electron chi connectivity index (χ3n) is 2.02. The van der Waals surface area contributed by atoms with Gasteiger partial charge in [0.2, 0.25) is 5.89 Å². The molecule has 6 heteroatoms. The number of anilines is 1. The van der Waals surface area contributed by atoms with Gasteiger partial charge in [-0.05, 0) is 0 Å². The molecule has 1 saturated heterocycles. The Labute approximate surface area is 76.1 Å². The molecule has 0 bridgehead atoms. The molecular formula is C7H13N5O. The van der Waals surface area contributed by atoms with E-state index in [-0.39, 0.29) is 0 Å². The van der Waals surface area contributed by atoms with Crippen LogP contribution >= 0.6 is 0 Å². The molecule has 6 nitrogen and oxygen atoms in total. The summed E-state index contributed by atoms with van der Waals surface area (Å²) >= 11 is 0. The van der Waals surface area contributed by atoms with Crippen LogP contribution in [0.3, 0.4) is 0 Å². The predicted molar refractivity (Wildman–Crippen MR) is 47.3 cm³/mol. The average Bonchev–Trinajstić information content (AvgIpc) is 2.67. The van der Waals surface area contributed by atoms with Gasteiger partial charge in [0.05, 0.1) is 6.54 Å². The van der Waals surface area contributed by atoms with Gasteiger partial charge >= 0.3 is 6.01 Å². The van der Waals surface area contributed by atoms with Crippen molar-refractivity contribution in [3.8, 4) is 0 Å². The highest BCUT2D eigenvalue weighted by Gasteiger charge is 2.15. The molecule has 2 heterocycles. The van der Waals surface area contributed by atoms with Crippen molar-refractivity contribution in [3.05, 3.63) is 5.89 Å². The number of hydrogen-bond acceptors (Lipinski definition) is 6. The van der Waals surface area contributed by atoms with Gasteiger partial charge in [0.25, 0.3) is 0 Å². The maximum atomic E-state index is 5.37. The first-order valence-corrected chi connectivity index (χ1v) is 4.38. The Morgan fingerprint density at radius 2 is 2.15 bits per heavy atom. The summed E-state index contributed by atoms with van der Waals surface area (Å²) in [6.45, 7) is 4.04. The summed E-state index contributed by atoms with van der Waals surface area (Å²) in [6, 6.07) is 0.585. The molecule has 1 fully saturated rings. The molecule has 13 heavy (non-hydrogen) atoms. The zero-order valence-corrected chi connectivity index (χ0v) is 7.36. The van der Waals surface area contributed by atoms with Crippen LogP contribution in [0.1, 0.15) is 5.89 Å². The lowest BCUT2D eigenvalue weighted by atomic mass is 10.4. The van der Waals surface area contributed by atoms with Gasteiger partial charge < -0.3 is 20.4 Å². The van der Waals surface area contributed by atoms with Crippen molar-refractivity contribution in [3.63, 3.8) is 0 Å².